The standard InChI is InChI=1S/C17H18N2O4S/c1-11(20)19-13(14-8-5-9-24-14)10-15(21)23-16(17(18)22)12-6-3-2-4-7-12/h2-9,13,16H,10H2,1H3,(H2,18,22)(H,19,20)/t13-,16-/m0/s1. The number of carbonyl (C=O) groups is 3. The summed E-state index contributed by atoms with van der Waals surface area (Å²) in [6, 6.07) is 11.7. The zero-order chi connectivity index (χ0) is 17.5. The van der Waals surface area contributed by atoms with Crippen LogP contribution >= 0.6 is 11.3 Å². The quantitative estimate of drug-likeness (QED) is 0.750. The first-order chi connectivity index (χ1) is 11.5. The summed E-state index contributed by atoms with van der Waals surface area (Å²) in [7, 11) is 0. The molecule has 0 radical (unpaired) electrons. The van der Waals surface area contributed by atoms with E-state index < -0.39 is 24.0 Å². The van der Waals surface area contributed by atoms with Gasteiger partial charge in [0.25, 0.3) is 5.91 Å². The van der Waals surface area contributed by atoms with Gasteiger partial charge in [-0.2, -0.15) is 0 Å². The van der Waals surface area contributed by atoms with Crippen LogP contribution in [0, 0.1) is 0 Å². The number of hydrogen-bond acceptors (Lipinski definition) is 5. The maximum atomic E-state index is 12.2. The predicted molar refractivity (Wildman–Crippen MR) is 90.0 cm³/mol. The fourth-order valence-electron chi connectivity index (χ4n) is 2.22. The number of rotatable bonds is 7. The highest BCUT2D eigenvalue weighted by Crippen LogP contribution is 2.24. The van der Waals surface area contributed by atoms with E-state index in [0.717, 1.165) is 4.88 Å². The van der Waals surface area contributed by atoms with Gasteiger partial charge >= 0.3 is 5.97 Å². The summed E-state index contributed by atoms with van der Waals surface area (Å²) in [5, 5.41) is 4.56. The molecule has 1 aromatic carbocycles. The molecule has 0 bridgehead atoms. The van der Waals surface area contributed by atoms with Crippen LogP contribution < -0.4 is 11.1 Å². The summed E-state index contributed by atoms with van der Waals surface area (Å²) < 4.78 is 5.25. The molecule has 2 rings (SSSR count). The highest BCUT2D eigenvalue weighted by Gasteiger charge is 2.25. The molecular weight excluding hydrogens is 328 g/mol. The average molecular weight is 346 g/mol. The Morgan fingerprint density at radius 1 is 1.17 bits per heavy atom. The van der Waals surface area contributed by atoms with Gasteiger partial charge in [-0.05, 0) is 11.4 Å². The summed E-state index contributed by atoms with van der Waals surface area (Å²) >= 11 is 1.42. The van der Waals surface area contributed by atoms with Gasteiger partial charge in [0.2, 0.25) is 12.0 Å². The van der Waals surface area contributed by atoms with Crippen molar-refractivity contribution < 1.29 is 19.1 Å². The molecule has 0 aliphatic rings. The summed E-state index contributed by atoms with van der Waals surface area (Å²) in [5.41, 5.74) is 5.84. The number of thiophene rings is 1. The molecule has 0 fully saturated rings. The van der Waals surface area contributed by atoms with Gasteiger partial charge in [-0.15, -0.1) is 11.3 Å². The third-order valence-corrected chi connectivity index (χ3v) is 4.23. The van der Waals surface area contributed by atoms with Gasteiger partial charge < -0.3 is 15.8 Å². The van der Waals surface area contributed by atoms with E-state index in [0.29, 0.717) is 5.56 Å². The predicted octanol–water partition coefficient (Wildman–Crippen LogP) is 2.09. The van der Waals surface area contributed by atoms with Crippen molar-refractivity contribution in [1.82, 2.24) is 5.32 Å². The van der Waals surface area contributed by atoms with Gasteiger partial charge in [0.05, 0.1) is 12.5 Å². The van der Waals surface area contributed by atoms with Gasteiger partial charge in [-0.1, -0.05) is 36.4 Å². The lowest BCUT2D eigenvalue weighted by Crippen LogP contribution is -2.30. The second kappa shape index (κ2) is 8.26. The van der Waals surface area contributed by atoms with Crippen molar-refractivity contribution in [2.75, 3.05) is 0 Å². The van der Waals surface area contributed by atoms with E-state index in [-0.39, 0.29) is 12.3 Å². The normalized spacial score (nSPS) is 12.9. The number of ether oxygens (including phenoxy) is 1. The number of hydrogen-bond donors (Lipinski definition) is 2. The van der Waals surface area contributed by atoms with E-state index in [9.17, 15) is 14.4 Å². The van der Waals surface area contributed by atoms with Gasteiger partial charge in [0, 0.05) is 17.4 Å². The summed E-state index contributed by atoms with van der Waals surface area (Å²) in [5.74, 6) is -1.62. The summed E-state index contributed by atoms with van der Waals surface area (Å²) in [6.45, 7) is 1.38. The molecule has 1 aromatic heterocycles. The van der Waals surface area contributed by atoms with E-state index in [2.05, 4.69) is 5.32 Å². The Kier molecular flexibility index (Phi) is 6.08. The first-order valence-electron chi connectivity index (χ1n) is 7.31. The van der Waals surface area contributed by atoms with Gasteiger partial charge in [-0.3, -0.25) is 14.4 Å². The van der Waals surface area contributed by atoms with Crippen molar-refractivity contribution in [2.45, 2.75) is 25.5 Å². The highest BCUT2D eigenvalue weighted by molar-refractivity contribution is 7.10. The molecule has 2 amide bonds. The van der Waals surface area contributed by atoms with E-state index in [1.807, 2.05) is 17.5 Å². The molecule has 0 spiro atoms. The maximum absolute atomic E-state index is 12.2. The Labute approximate surface area is 143 Å². The van der Waals surface area contributed by atoms with Crippen molar-refractivity contribution in [1.29, 1.82) is 0 Å². The third-order valence-electron chi connectivity index (χ3n) is 3.24. The molecule has 0 saturated carbocycles. The molecule has 0 unspecified atom stereocenters. The summed E-state index contributed by atoms with van der Waals surface area (Å²) in [4.78, 5) is 36.0. The minimum absolute atomic E-state index is 0.0866. The Balaban J connectivity index is 2.09. The zero-order valence-electron chi connectivity index (χ0n) is 13.1. The van der Waals surface area contributed by atoms with Crippen molar-refractivity contribution in [3.63, 3.8) is 0 Å². The molecule has 1 heterocycles. The molecule has 3 N–H and O–H groups in total. The molecule has 0 saturated heterocycles. The second-order valence-electron chi connectivity index (χ2n) is 5.16. The molecule has 126 valence electrons. The first-order valence-corrected chi connectivity index (χ1v) is 8.19. The van der Waals surface area contributed by atoms with Crippen LogP contribution in [0.3, 0.4) is 0 Å². The Morgan fingerprint density at radius 2 is 1.88 bits per heavy atom. The van der Waals surface area contributed by atoms with Crippen molar-refractivity contribution >= 4 is 29.1 Å². The largest absolute Gasteiger partial charge is 0.447 e. The van der Waals surface area contributed by atoms with Crippen LogP contribution in [0.4, 0.5) is 0 Å². The van der Waals surface area contributed by atoms with Crippen LogP contribution in [-0.2, 0) is 19.1 Å². The Morgan fingerprint density at radius 3 is 2.42 bits per heavy atom. The SMILES string of the molecule is CC(=O)N[C@@H](CC(=O)O[C@H](C(N)=O)c1ccccc1)c1cccs1. The molecule has 7 heteroatoms. The molecule has 24 heavy (non-hydrogen) atoms. The van der Waals surface area contributed by atoms with E-state index in [1.54, 1.807) is 30.3 Å². The molecule has 6 nitrogen and oxygen atoms in total. The van der Waals surface area contributed by atoms with Crippen molar-refractivity contribution in [3.8, 4) is 0 Å². The van der Waals surface area contributed by atoms with Gasteiger partial charge in [-0.25, -0.2) is 0 Å². The number of primary amides is 1. The number of esters is 1. The van der Waals surface area contributed by atoms with Crippen LogP contribution in [0.2, 0.25) is 0 Å². The fraction of sp³-hybridized carbons (Fsp3) is 0.235. The highest BCUT2D eigenvalue weighted by atomic mass is 32.1. The monoisotopic (exact) mass is 346 g/mol. The minimum Gasteiger partial charge on any atom is -0.447 e. The lowest BCUT2D eigenvalue weighted by atomic mass is 10.1. The third kappa shape index (κ3) is 4.92. The Bertz CT molecular complexity index is 701. The molecular formula is C17H18N2O4S. The van der Waals surface area contributed by atoms with E-state index in [4.69, 9.17) is 10.5 Å². The Hall–Kier alpha value is -2.67. The van der Waals surface area contributed by atoms with Crippen LogP contribution in [0.5, 0.6) is 0 Å². The van der Waals surface area contributed by atoms with Crippen LogP contribution in [-0.4, -0.2) is 17.8 Å². The second-order valence-corrected chi connectivity index (χ2v) is 6.13. The van der Waals surface area contributed by atoms with Crippen molar-refractivity contribution in [3.05, 3.63) is 58.3 Å². The van der Waals surface area contributed by atoms with Gasteiger partial charge in [0.15, 0.2) is 0 Å². The van der Waals surface area contributed by atoms with Crippen LogP contribution in [0.1, 0.15) is 35.9 Å². The summed E-state index contributed by atoms with van der Waals surface area (Å²) in [6.07, 6.45) is -1.24. The molecule has 2 atom stereocenters. The first kappa shape index (κ1) is 17.7. The topological polar surface area (TPSA) is 98.5 Å². The number of carbonyl (C=O) groups excluding carboxylic acids is 3. The number of benzene rings is 1. The maximum Gasteiger partial charge on any atom is 0.309 e. The van der Waals surface area contributed by atoms with Gasteiger partial charge in [0.1, 0.15) is 0 Å². The lowest BCUT2D eigenvalue weighted by molar-refractivity contribution is -0.156. The number of amides is 2. The van der Waals surface area contributed by atoms with E-state index >= 15 is 0 Å². The molecule has 2 aromatic rings. The number of nitrogens with one attached hydrogen (secondary N) is 1. The molecule has 0 aliphatic carbocycles. The minimum atomic E-state index is -1.15. The van der Waals surface area contributed by atoms with E-state index in [1.165, 1.54) is 18.3 Å². The fourth-order valence-corrected chi connectivity index (χ4v) is 3.00. The van der Waals surface area contributed by atoms with Crippen molar-refractivity contribution in [2.24, 2.45) is 5.73 Å². The van der Waals surface area contributed by atoms with Crippen LogP contribution in [0.25, 0.3) is 0 Å². The number of nitrogens with two attached hydrogens (primary N) is 1. The lowest BCUT2D eigenvalue weighted by Gasteiger charge is -2.19. The smallest absolute Gasteiger partial charge is 0.309 e. The van der Waals surface area contributed by atoms with Crippen LogP contribution in [0.15, 0.2) is 47.8 Å². The molecule has 0 aliphatic heterocycles. The zero-order valence-corrected chi connectivity index (χ0v) is 13.9. The average Bonchev–Trinajstić information content (AvgIpc) is 3.06.